The van der Waals surface area contributed by atoms with E-state index in [9.17, 15) is 9.18 Å². The van der Waals surface area contributed by atoms with Gasteiger partial charge in [0.25, 0.3) is 5.91 Å². The van der Waals surface area contributed by atoms with Crippen molar-refractivity contribution in [1.82, 2.24) is 24.3 Å². The third kappa shape index (κ3) is 7.73. The van der Waals surface area contributed by atoms with Crippen molar-refractivity contribution in [2.24, 2.45) is 0 Å². The number of ether oxygens (including phenoxy) is 2. The lowest BCUT2D eigenvalue weighted by atomic mass is 10.1. The fourth-order valence-corrected chi connectivity index (χ4v) is 5.95. The summed E-state index contributed by atoms with van der Waals surface area (Å²) in [4.78, 5) is 26.9. The van der Waals surface area contributed by atoms with E-state index >= 15 is 0 Å². The molecule has 0 bridgehead atoms. The average Bonchev–Trinajstić information content (AvgIpc) is 3.52. The van der Waals surface area contributed by atoms with Gasteiger partial charge in [-0.15, -0.1) is 0 Å². The highest BCUT2D eigenvalue weighted by Gasteiger charge is 2.23. The number of halogens is 2. The van der Waals surface area contributed by atoms with Gasteiger partial charge in [-0.05, 0) is 79.2 Å². The summed E-state index contributed by atoms with van der Waals surface area (Å²) in [6, 6.07) is 17.6. The molecule has 1 saturated heterocycles. The highest BCUT2D eigenvalue weighted by molar-refractivity contribution is 6.32. The minimum atomic E-state index is -0.314. The number of rotatable bonds is 12. The molecular formula is C36H38ClFN6O3. The summed E-state index contributed by atoms with van der Waals surface area (Å²) >= 11 is 6.56. The van der Waals surface area contributed by atoms with Gasteiger partial charge in [0, 0.05) is 48.8 Å². The van der Waals surface area contributed by atoms with Crippen LogP contribution in [0.15, 0.2) is 79.4 Å². The number of amides is 1. The van der Waals surface area contributed by atoms with E-state index in [2.05, 4.69) is 40.2 Å². The molecule has 1 aliphatic heterocycles. The van der Waals surface area contributed by atoms with Crippen LogP contribution in [0.4, 0.5) is 15.9 Å². The molecular weight excluding hydrogens is 619 g/mol. The number of aromatic nitrogens is 3. The van der Waals surface area contributed by atoms with Crippen LogP contribution in [0.2, 0.25) is 5.02 Å². The Morgan fingerprint density at radius 3 is 2.64 bits per heavy atom. The molecule has 0 atom stereocenters. The molecule has 244 valence electrons. The summed E-state index contributed by atoms with van der Waals surface area (Å²) in [7, 11) is 0. The van der Waals surface area contributed by atoms with Crippen molar-refractivity contribution in [3.05, 3.63) is 107 Å². The quantitative estimate of drug-likeness (QED) is 0.157. The van der Waals surface area contributed by atoms with E-state index < -0.39 is 0 Å². The zero-order chi connectivity index (χ0) is 32.8. The van der Waals surface area contributed by atoms with Gasteiger partial charge >= 0.3 is 0 Å². The molecule has 0 spiro atoms. The predicted octanol–water partition coefficient (Wildman–Crippen LogP) is 6.89. The molecule has 0 unspecified atom stereocenters. The topological polar surface area (TPSA) is 84.8 Å². The number of benzene rings is 3. The number of carbonyl (C=O) groups is 1. The van der Waals surface area contributed by atoms with Gasteiger partial charge in [-0.2, -0.15) is 0 Å². The van der Waals surface area contributed by atoms with Crippen LogP contribution in [0, 0.1) is 5.82 Å². The van der Waals surface area contributed by atoms with Gasteiger partial charge in [0.1, 0.15) is 30.3 Å². The van der Waals surface area contributed by atoms with Crippen molar-refractivity contribution < 1.29 is 18.7 Å². The van der Waals surface area contributed by atoms with Crippen LogP contribution in [0.25, 0.3) is 16.6 Å². The largest absolute Gasteiger partial charge is 0.487 e. The van der Waals surface area contributed by atoms with Crippen molar-refractivity contribution in [2.75, 3.05) is 51.3 Å². The molecule has 47 heavy (non-hydrogen) atoms. The van der Waals surface area contributed by atoms with E-state index in [1.165, 1.54) is 18.5 Å². The highest BCUT2D eigenvalue weighted by Crippen LogP contribution is 2.32. The Morgan fingerprint density at radius 2 is 1.87 bits per heavy atom. The van der Waals surface area contributed by atoms with Gasteiger partial charge in [-0.3, -0.25) is 4.79 Å². The lowest BCUT2D eigenvalue weighted by molar-refractivity contribution is 0.0302. The smallest absolute Gasteiger partial charge is 0.255 e. The second-order valence-electron chi connectivity index (χ2n) is 11.4. The Morgan fingerprint density at radius 1 is 1.04 bits per heavy atom. The van der Waals surface area contributed by atoms with E-state index in [0.717, 1.165) is 59.5 Å². The van der Waals surface area contributed by atoms with E-state index in [0.29, 0.717) is 48.5 Å². The third-order valence-corrected chi connectivity index (χ3v) is 8.72. The number of likely N-dealkylation sites (N-methyl/N-ethyl adjacent to an activating group) is 1. The number of hydrogen-bond donors (Lipinski definition) is 1. The zero-order valence-corrected chi connectivity index (χ0v) is 27.3. The number of nitrogens with one attached hydrogen (secondary N) is 1. The van der Waals surface area contributed by atoms with Crippen LogP contribution in [0.1, 0.15) is 35.3 Å². The van der Waals surface area contributed by atoms with Gasteiger partial charge in [-0.25, -0.2) is 14.4 Å². The fourth-order valence-electron chi connectivity index (χ4n) is 5.72. The summed E-state index contributed by atoms with van der Waals surface area (Å²) in [5, 5.41) is 4.59. The molecule has 0 saturated carbocycles. The number of anilines is 2. The third-order valence-electron chi connectivity index (χ3n) is 8.42. The Kier molecular flexibility index (Phi) is 10.3. The molecule has 1 aliphatic rings. The maximum atomic E-state index is 13.7. The molecule has 0 aliphatic carbocycles. The first-order chi connectivity index (χ1) is 22.9. The van der Waals surface area contributed by atoms with Crippen molar-refractivity contribution in [3.8, 4) is 11.4 Å². The fraction of sp³-hybridized carbons (Fsp3) is 0.306. The standard InChI is InChI=1S/C36H38ClFN6O3/c1-3-42(4-2)13-12-26-21-44(22-31(26)36(45)43-14-16-46-17-15-43)29-9-10-33-30(20-29)35(40-24-39-33)41-28-8-11-34(32(37)19-28)47-23-25-6-5-7-27(38)18-25/h5-11,18-22,24H,3-4,12-17,23H2,1-2H3,(H,39,40,41). The van der Waals surface area contributed by atoms with Crippen LogP contribution in [0.5, 0.6) is 5.75 Å². The van der Waals surface area contributed by atoms with Gasteiger partial charge < -0.3 is 29.2 Å². The predicted molar refractivity (Wildman–Crippen MR) is 183 cm³/mol. The first-order valence-electron chi connectivity index (χ1n) is 15.9. The van der Waals surface area contributed by atoms with Crippen LogP contribution in [-0.4, -0.2) is 76.2 Å². The second kappa shape index (κ2) is 14.9. The Bertz CT molecular complexity index is 1850. The van der Waals surface area contributed by atoms with Crippen molar-refractivity contribution >= 4 is 39.9 Å². The maximum Gasteiger partial charge on any atom is 0.255 e. The molecule has 3 heterocycles. The number of morpholine rings is 1. The van der Waals surface area contributed by atoms with E-state index in [4.69, 9.17) is 21.1 Å². The minimum absolute atomic E-state index is 0.0355. The lowest BCUT2D eigenvalue weighted by Gasteiger charge is -2.27. The lowest BCUT2D eigenvalue weighted by Crippen LogP contribution is -2.41. The van der Waals surface area contributed by atoms with Gasteiger partial charge in [-0.1, -0.05) is 37.6 Å². The zero-order valence-electron chi connectivity index (χ0n) is 26.6. The Balaban J connectivity index is 1.26. The van der Waals surface area contributed by atoms with Gasteiger partial charge in [0.15, 0.2) is 0 Å². The number of hydrogen-bond acceptors (Lipinski definition) is 7. The molecule has 1 fully saturated rings. The molecule has 1 amide bonds. The summed E-state index contributed by atoms with van der Waals surface area (Å²) in [5.74, 6) is 0.822. The monoisotopic (exact) mass is 656 g/mol. The van der Waals surface area contributed by atoms with Gasteiger partial charge in [0.2, 0.25) is 0 Å². The maximum absolute atomic E-state index is 13.7. The molecule has 5 aromatic rings. The van der Waals surface area contributed by atoms with Crippen molar-refractivity contribution in [1.29, 1.82) is 0 Å². The SMILES string of the molecule is CCN(CC)CCc1cn(-c2ccc3ncnc(Nc4ccc(OCc5cccc(F)c5)c(Cl)c4)c3c2)cc1C(=O)N1CCOCC1. The summed E-state index contributed by atoms with van der Waals surface area (Å²) in [6.45, 7) is 9.58. The van der Waals surface area contributed by atoms with Crippen LogP contribution in [0.3, 0.4) is 0 Å². The second-order valence-corrected chi connectivity index (χ2v) is 11.8. The Hall–Kier alpha value is -4.51. The Labute approximate surface area is 278 Å². The van der Waals surface area contributed by atoms with E-state index in [1.807, 2.05) is 39.9 Å². The average molecular weight is 657 g/mol. The highest BCUT2D eigenvalue weighted by atomic mass is 35.5. The van der Waals surface area contributed by atoms with Crippen molar-refractivity contribution in [2.45, 2.75) is 26.9 Å². The van der Waals surface area contributed by atoms with Crippen LogP contribution < -0.4 is 10.1 Å². The first kappa shape index (κ1) is 32.4. The van der Waals surface area contributed by atoms with Crippen molar-refractivity contribution in [3.63, 3.8) is 0 Å². The van der Waals surface area contributed by atoms with Crippen LogP contribution in [-0.2, 0) is 17.8 Å². The van der Waals surface area contributed by atoms with Crippen LogP contribution >= 0.6 is 11.6 Å². The molecule has 3 aromatic carbocycles. The first-order valence-corrected chi connectivity index (χ1v) is 16.3. The number of nitrogens with zero attached hydrogens (tertiary/aromatic N) is 5. The molecule has 6 rings (SSSR count). The number of fused-ring (bicyclic) bond motifs is 1. The van der Waals surface area contributed by atoms with E-state index in [1.54, 1.807) is 24.3 Å². The molecule has 0 radical (unpaired) electrons. The molecule has 2 aromatic heterocycles. The number of carbonyl (C=O) groups excluding carboxylic acids is 1. The minimum Gasteiger partial charge on any atom is -0.487 e. The van der Waals surface area contributed by atoms with E-state index in [-0.39, 0.29) is 18.3 Å². The molecule has 9 nitrogen and oxygen atoms in total. The summed E-state index contributed by atoms with van der Waals surface area (Å²) in [6.07, 6.45) is 6.29. The normalized spacial score (nSPS) is 13.3. The molecule has 1 N–H and O–H groups in total. The molecule has 11 heteroatoms. The summed E-state index contributed by atoms with van der Waals surface area (Å²) in [5.41, 5.74) is 4.83. The van der Waals surface area contributed by atoms with Gasteiger partial charge in [0.05, 0.1) is 29.3 Å². The summed E-state index contributed by atoms with van der Waals surface area (Å²) < 4.78 is 26.9.